The third-order valence-corrected chi connectivity index (χ3v) is 5.06. The molecule has 0 aromatic rings. The number of likely N-dealkylation sites (tertiary alicyclic amines) is 2. The van der Waals surface area contributed by atoms with Gasteiger partial charge in [0.1, 0.15) is 0 Å². The zero-order valence-electron chi connectivity index (χ0n) is 15.5. The van der Waals surface area contributed by atoms with E-state index in [2.05, 4.69) is 29.0 Å². The molecule has 2 heterocycles. The summed E-state index contributed by atoms with van der Waals surface area (Å²) in [4.78, 5) is 20.9. The number of piperidine rings is 2. The standard InChI is InChI=1S/C18H35N5O/c1-3-20-18(21-8-11-22-9-4-6-15(2)13-22)23-10-5-7-16(14-23)12-17(19)24/h15-16H,3-14H2,1-2H3,(H2,19,24)(H,20,21). The van der Waals surface area contributed by atoms with Crippen molar-refractivity contribution in [2.24, 2.45) is 22.6 Å². The molecule has 2 atom stereocenters. The van der Waals surface area contributed by atoms with Gasteiger partial charge in [-0.1, -0.05) is 6.92 Å². The number of hydrogen-bond donors (Lipinski definition) is 2. The van der Waals surface area contributed by atoms with Crippen molar-refractivity contribution in [3.05, 3.63) is 0 Å². The summed E-state index contributed by atoms with van der Waals surface area (Å²) in [6.07, 6.45) is 5.35. The van der Waals surface area contributed by atoms with Crippen molar-refractivity contribution < 1.29 is 4.79 Å². The van der Waals surface area contributed by atoms with Crippen LogP contribution in [0.4, 0.5) is 0 Å². The number of guanidine groups is 1. The van der Waals surface area contributed by atoms with E-state index in [0.717, 1.165) is 57.4 Å². The van der Waals surface area contributed by atoms with E-state index in [1.807, 2.05) is 0 Å². The number of nitrogens with zero attached hydrogens (tertiary/aromatic N) is 3. The summed E-state index contributed by atoms with van der Waals surface area (Å²) in [5, 5.41) is 3.41. The molecule has 0 aromatic heterocycles. The fraction of sp³-hybridized carbons (Fsp3) is 0.889. The Balaban J connectivity index is 1.86. The maximum absolute atomic E-state index is 11.2. The molecule has 0 spiro atoms. The summed E-state index contributed by atoms with van der Waals surface area (Å²) in [5.41, 5.74) is 5.37. The van der Waals surface area contributed by atoms with Gasteiger partial charge in [0.25, 0.3) is 0 Å². The van der Waals surface area contributed by atoms with E-state index in [0.29, 0.717) is 12.3 Å². The van der Waals surface area contributed by atoms with Crippen molar-refractivity contribution >= 4 is 11.9 Å². The molecule has 6 heteroatoms. The van der Waals surface area contributed by atoms with E-state index in [1.165, 1.54) is 25.9 Å². The monoisotopic (exact) mass is 337 g/mol. The Morgan fingerprint density at radius 2 is 2.04 bits per heavy atom. The molecular formula is C18H35N5O. The predicted octanol–water partition coefficient (Wildman–Crippen LogP) is 1.27. The summed E-state index contributed by atoms with van der Waals surface area (Å²) in [5.74, 6) is 1.98. The number of rotatable bonds is 6. The Labute approximate surface area is 146 Å². The maximum atomic E-state index is 11.2. The Bertz CT molecular complexity index is 426. The summed E-state index contributed by atoms with van der Waals surface area (Å²) >= 11 is 0. The van der Waals surface area contributed by atoms with Gasteiger partial charge in [-0.05, 0) is 51.0 Å². The first-order valence-corrected chi connectivity index (χ1v) is 9.62. The SMILES string of the molecule is CCNC(=NCCN1CCCC(C)C1)N1CCCC(CC(N)=O)C1. The summed E-state index contributed by atoms with van der Waals surface area (Å²) in [6, 6.07) is 0. The minimum atomic E-state index is -0.192. The lowest BCUT2D eigenvalue weighted by Gasteiger charge is -2.35. The molecule has 24 heavy (non-hydrogen) atoms. The number of carbonyl (C=O) groups excluding carboxylic acids is 1. The minimum Gasteiger partial charge on any atom is -0.370 e. The number of carbonyl (C=O) groups is 1. The molecule has 2 aliphatic rings. The van der Waals surface area contributed by atoms with Crippen LogP contribution in [-0.4, -0.2) is 67.5 Å². The highest BCUT2D eigenvalue weighted by atomic mass is 16.1. The van der Waals surface area contributed by atoms with Crippen LogP contribution in [0.2, 0.25) is 0 Å². The van der Waals surface area contributed by atoms with Gasteiger partial charge in [0.2, 0.25) is 5.91 Å². The smallest absolute Gasteiger partial charge is 0.217 e. The highest BCUT2D eigenvalue weighted by Crippen LogP contribution is 2.19. The van der Waals surface area contributed by atoms with Gasteiger partial charge >= 0.3 is 0 Å². The molecule has 3 N–H and O–H groups in total. The molecule has 1 amide bonds. The van der Waals surface area contributed by atoms with Crippen LogP contribution in [0.15, 0.2) is 4.99 Å². The molecule has 2 saturated heterocycles. The Morgan fingerprint density at radius 1 is 1.25 bits per heavy atom. The van der Waals surface area contributed by atoms with Crippen molar-refractivity contribution in [1.29, 1.82) is 0 Å². The van der Waals surface area contributed by atoms with Crippen molar-refractivity contribution in [2.75, 3.05) is 45.8 Å². The van der Waals surface area contributed by atoms with Crippen molar-refractivity contribution in [3.63, 3.8) is 0 Å². The second-order valence-electron chi connectivity index (χ2n) is 7.41. The van der Waals surface area contributed by atoms with Crippen LogP contribution in [-0.2, 0) is 4.79 Å². The number of nitrogens with one attached hydrogen (secondary N) is 1. The molecule has 0 bridgehead atoms. The first-order chi connectivity index (χ1) is 11.6. The van der Waals surface area contributed by atoms with Gasteiger partial charge in [0, 0.05) is 39.1 Å². The van der Waals surface area contributed by atoms with Gasteiger partial charge in [-0.15, -0.1) is 0 Å². The number of amides is 1. The molecule has 0 radical (unpaired) electrons. The molecule has 0 aliphatic carbocycles. The maximum Gasteiger partial charge on any atom is 0.217 e. The number of hydrogen-bond acceptors (Lipinski definition) is 3. The molecular weight excluding hydrogens is 302 g/mol. The summed E-state index contributed by atoms with van der Waals surface area (Å²) < 4.78 is 0. The summed E-state index contributed by atoms with van der Waals surface area (Å²) in [7, 11) is 0. The van der Waals surface area contributed by atoms with E-state index in [4.69, 9.17) is 10.7 Å². The second-order valence-corrected chi connectivity index (χ2v) is 7.41. The largest absolute Gasteiger partial charge is 0.370 e. The Hall–Kier alpha value is -1.30. The van der Waals surface area contributed by atoms with E-state index in [-0.39, 0.29) is 5.91 Å². The lowest BCUT2D eigenvalue weighted by Crippen LogP contribution is -2.47. The quantitative estimate of drug-likeness (QED) is 0.565. The molecule has 138 valence electrons. The van der Waals surface area contributed by atoms with Gasteiger partial charge in [-0.2, -0.15) is 0 Å². The van der Waals surface area contributed by atoms with Crippen LogP contribution in [0, 0.1) is 11.8 Å². The van der Waals surface area contributed by atoms with Gasteiger partial charge in [0.15, 0.2) is 5.96 Å². The highest BCUT2D eigenvalue weighted by molar-refractivity contribution is 5.80. The van der Waals surface area contributed by atoms with Crippen molar-refractivity contribution in [3.8, 4) is 0 Å². The van der Waals surface area contributed by atoms with Gasteiger partial charge in [-0.25, -0.2) is 0 Å². The predicted molar refractivity (Wildman–Crippen MR) is 98.9 cm³/mol. The first-order valence-electron chi connectivity index (χ1n) is 9.62. The zero-order valence-corrected chi connectivity index (χ0v) is 15.5. The van der Waals surface area contributed by atoms with E-state index >= 15 is 0 Å². The van der Waals surface area contributed by atoms with Crippen molar-refractivity contribution in [2.45, 2.75) is 46.0 Å². The minimum absolute atomic E-state index is 0.192. The normalized spacial score (nSPS) is 26.4. The van der Waals surface area contributed by atoms with Gasteiger partial charge < -0.3 is 20.9 Å². The topological polar surface area (TPSA) is 74.0 Å². The van der Waals surface area contributed by atoms with Crippen LogP contribution in [0.5, 0.6) is 0 Å². The van der Waals surface area contributed by atoms with Crippen LogP contribution in [0.25, 0.3) is 0 Å². The number of aliphatic imine (C=N–C) groups is 1. The molecule has 2 rings (SSSR count). The Kier molecular flexibility index (Phi) is 7.82. The first kappa shape index (κ1) is 19.0. The average molecular weight is 338 g/mol. The van der Waals surface area contributed by atoms with Crippen molar-refractivity contribution in [1.82, 2.24) is 15.1 Å². The van der Waals surface area contributed by atoms with Crippen LogP contribution < -0.4 is 11.1 Å². The Morgan fingerprint density at radius 3 is 2.75 bits per heavy atom. The molecule has 6 nitrogen and oxygen atoms in total. The van der Waals surface area contributed by atoms with E-state index in [1.54, 1.807) is 0 Å². The third-order valence-electron chi connectivity index (χ3n) is 5.06. The third kappa shape index (κ3) is 6.30. The zero-order chi connectivity index (χ0) is 17.4. The lowest BCUT2D eigenvalue weighted by atomic mass is 9.95. The molecule has 0 aromatic carbocycles. The van der Waals surface area contributed by atoms with Gasteiger partial charge in [0.05, 0.1) is 6.54 Å². The average Bonchev–Trinajstić information content (AvgIpc) is 2.54. The highest BCUT2D eigenvalue weighted by Gasteiger charge is 2.23. The summed E-state index contributed by atoms with van der Waals surface area (Å²) in [6.45, 7) is 11.5. The molecule has 2 fully saturated rings. The van der Waals surface area contributed by atoms with Crippen LogP contribution >= 0.6 is 0 Å². The molecule has 2 aliphatic heterocycles. The van der Waals surface area contributed by atoms with Gasteiger partial charge in [-0.3, -0.25) is 9.79 Å². The second kappa shape index (κ2) is 9.87. The molecule has 2 unspecified atom stereocenters. The fourth-order valence-corrected chi connectivity index (χ4v) is 3.92. The van der Waals surface area contributed by atoms with E-state index < -0.39 is 0 Å². The van der Waals surface area contributed by atoms with Crippen LogP contribution in [0.3, 0.4) is 0 Å². The van der Waals surface area contributed by atoms with E-state index in [9.17, 15) is 4.79 Å². The van der Waals surface area contributed by atoms with Crippen LogP contribution in [0.1, 0.15) is 46.0 Å². The molecule has 0 saturated carbocycles. The fourth-order valence-electron chi connectivity index (χ4n) is 3.92. The lowest BCUT2D eigenvalue weighted by molar-refractivity contribution is -0.119. The number of primary amides is 1. The number of nitrogens with two attached hydrogens (primary N) is 1.